The van der Waals surface area contributed by atoms with E-state index in [1.165, 1.54) is 0 Å². The van der Waals surface area contributed by atoms with Gasteiger partial charge in [-0.25, -0.2) is 4.79 Å². The molecule has 2 aromatic carbocycles. The zero-order valence-corrected chi connectivity index (χ0v) is 26.6. The van der Waals surface area contributed by atoms with Crippen LogP contribution in [0.3, 0.4) is 0 Å². The van der Waals surface area contributed by atoms with Crippen LogP contribution in [0.1, 0.15) is 102 Å². The number of unbranched alkanes of at least 4 members (excludes halogenated alkanes) is 3. The van der Waals surface area contributed by atoms with Gasteiger partial charge < -0.3 is 20.3 Å². The van der Waals surface area contributed by atoms with E-state index in [0.717, 1.165) is 47.9 Å². The predicted octanol–water partition coefficient (Wildman–Crippen LogP) is 7.64. The van der Waals surface area contributed by atoms with E-state index in [1.807, 2.05) is 77.1 Å². The molecule has 0 saturated heterocycles. The number of carbonyl (C=O) groups is 3. The van der Waals surface area contributed by atoms with Gasteiger partial charge in [0.1, 0.15) is 17.7 Å². The third kappa shape index (κ3) is 9.91. The minimum Gasteiger partial charge on any atom is -0.444 e. The molecule has 7 nitrogen and oxygen atoms in total. The number of anilines is 1. The Morgan fingerprint density at radius 3 is 2.17 bits per heavy atom. The highest BCUT2D eigenvalue weighted by molar-refractivity contribution is 5.99. The number of hydrogen-bond acceptors (Lipinski definition) is 4. The van der Waals surface area contributed by atoms with E-state index in [4.69, 9.17) is 4.74 Å². The molecule has 0 aliphatic heterocycles. The first kappa shape index (κ1) is 33.9. The number of amides is 3. The molecule has 2 rings (SSSR count). The maximum atomic E-state index is 14.5. The highest BCUT2D eigenvalue weighted by Gasteiger charge is 2.38. The molecule has 0 saturated carbocycles. The number of para-hydroxylation sites is 1. The summed E-state index contributed by atoms with van der Waals surface area (Å²) in [7, 11) is 0. The second kappa shape index (κ2) is 15.6. The molecule has 41 heavy (non-hydrogen) atoms. The lowest BCUT2D eigenvalue weighted by atomic mass is 9.92. The molecule has 0 fully saturated rings. The molecule has 226 valence electrons. The first-order chi connectivity index (χ1) is 19.3. The van der Waals surface area contributed by atoms with E-state index >= 15 is 0 Å². The molecule has 0 spiro atoms. The van der Waals surface area contributed by atoms with E-state index < -0.39 is 23.8 Å². The van der Waals surface area contributed by atoms with Gasteiger partial charge in [0.05, 0.1) is 0 Å². The standard InChI is InChI=1S/C34H51N3O4/c1-10-12-13-16-22-37(32(39)29(23(3)11-2)36-33(40)41-34(7,8)9)30(27-20-17-19-24(4)26(27)6)31(38)35-28-21-15-14-18-25(28)5/h14-15,17-21,23,29-30H,10-13,16,22H2,1-9H3,(H,35,38)(H,36,40). The van der Waals surface area contributed by atoms with Gasteiger partial charge in [-0.1, -0.05) is 82.9 Å². The normalized spacial score (nSPS) is 13.6. The van der Waals surface area contributed by atoms with Crippen LogP contribution >= 0.6 is 0 Å². The molecular weight excluding hydrogens is 514 g/mol. The van der Waals surface area contributed by atoms with Gasteiger partial charge >= 0.3 is 6.09 Å². The second-order valence-electron chi connectivity index (χ2n) is 12.1. The quantitative estimate of drug-likeness (QED) is 0.244. The van der Waals surface area contributed by atoms with Crippen molar-refractivity contribution in [2.24, 2.45) is 5.92 Å². The minimum atomic E-state index is -0.879. The summed E-state index contributed by atoms with van der Waals surface area (Å²) in [4.78, 5) is 43.3. The van der Waals surface area contributed by atoms with Gasteiger partial charge in [0.25, 0.3) is 5.91 Å². The van der Waals surface area contributed by atoms with Crippen LogP contribution in [0.15, 0.2) is 42.5 Å². The Labute approximate surface area is 247 Å². The number of rotatable bonds is 13. The molecule has 0 aromatic heterocycles. The molecule has 7 heteroatoms. The SMILES string of the molecule is CCCCCCN(C(=O)C(NC(=O)OC(C)(C)C)C(C)CC)C(C(=O)Nc1ccccc1C)c1cccc(C)c1C. The zero-order valence-electron chi connectivity index (χ0n) is 26.6. The van der Waals surface area contributed by atoms with Crippen molar-refractivity contribution in [2.45, 2.75) is 112 Å². The lowest BCUT2D eigenvalue weighted by molar-refractivity contribution is -0.142. The average molecular weight is 566 g/mol. The summed E-state index contributed by atoms with van der Waals surface area (Å²) in [5.74, 6) is -0.739. The Kier molecular flexibility index (Phi) is 12.9. The van der Waals surface area contributed by atoms with Crippen molar-refractivity contribution in [3.05, 3.63) is 64.7 Å². The topological polar surface area (TPSA) is 87.7 Å². The van der Waals surface area contributed by atoms with Crippen LogP contribution in [0, 0.1) is 26.7 Å². The summed E-state index contributed by atoms with van der Waals surface area (Å²) in [6.07, 6.45) is 3.80. The molecule has 0 aliphatic rings. The number of carbonyl (C=O) groups excluding carboxylic acids is 3. The molecule has 2 N–H and O–H groups in total. The van der Waals surface area contributed by atoms with E-state index in [1.54, 1.807) is 25.7 Å². The van der Waals surface area contributed by atoms with Gasteiger partial charge in [-0.15, -0.1) is 0 Å². The van der Waals surface area contributed by atoms with E-state index in [-0.39, 0.29) is 17.7 Å². The van der Waals surface area contributed by atoms with Gasteiger partial charge in [-0.3, -0.25) is 9.59 Å². The number of alkyl carbamates (subject to hydrolysis) is 1. The van der Waals surface area contributed by atoms with Crippen molar-refractivity contribution in [3.8, 4) is 0 Å². The number of ether oxygens (including phenoxy) is 1. The fourth-order valence-corrected chi connectivity index (χ4v) is 4.81. The Bertz CT molecular complexity index is 1170. The van der Waals surface area contributed by atoms with E-state index in [2.05, 4.69) is 17.6 Å². The fraction of sp³-hybridized carbons (Fsp3) is 0.559. The van der Waals surface area contributed by atoms with Gasteiger partial charge in [-0.05, 0) is 82.2 Å². The molecule has 3 unspecified atom stereocenters. The highest BCUT2D eigenvalue weighted by atomic mass is 16.6. The number of nitrogens with zero attached hydrogens (tertiary/aromatic N) is 1. The van der Waals surface area contributed by atoms with Crippen molar-refractivity contribution in [1.29, 1.82) is 0 Å². The maximum Gasteiger partial charge on any atom is 0.408 e. The van der Waals surface area contributed by atoms with Crippen LogP contribution < -0.4 is 10.6 Å². The molecule has 2 aromatic rings. The third-order valence-electron chi connectivity index (χ3n) is 7.59. The fourth-order valence-electron chi connectivity index (χ4n) is 4.81. The minimum absolute atomic E-state index is 0.174. The second-order valence-corrected chi connectivity index (χ2v) is 12.1. The van der Waals surface area contributed by atoms with Crippen molar-refractivity contribution in [2.75, 3.05) is 11.9 Å². The smallest absolute Gasteiger partial charge is 0.408 e. The number of benzene rings is 2. The monoisotopic (exact) mass is 565 g/mol. The predicted molar refractivity (Wildman–Crippen MR) is 167 cm³/mol. The van der Waals surface area contributed by atoms with Gasteiger partial charge in [-0.2, -0.15) is 0 Å². The molecule has 0 bridgehead atoms. The summed E-state index contributed by atoms with van der Waals surface area (Å²) >= 11 is 0. The molecular formula is C34H51N3O4. The first-order valence-corrected chi connectivity index (χ1v) is 15.0. The summed E-state index contributed by atoms with van der Waals surface area (Å²) in [5, 5.41) is 5.95. The largest absolute Gasteiger partial charge is 0.444 e. The lowest BCUT2D eigenvalue weighted by Gasteiger charge is -2.37. The Hall–Kier alpha value is -3.35. The summed E-state index contributed by atoms with van der Waals surface area (Å²) in [5.41, 5.74) is 3.72. The zero-order chi connectivity index (χ0) is 30.7. The van der Waals surface area contributed by atoms with Crippen LogP contribution in [0.2, 0.25) is 0 Å². The lowest BCUT2D eigenvalue weighted by Crippen LogP contribution is -2.55. The van der Waals surface area contributed by atoms with Crippen molar-refractivity contribution >= 4 is 23.6 Å². The maximum absolute atomic E-state index is 14.5. The van der Waals surface area contributed by atoms with Crippen molar-refractivity contribution < 1.29 is 19.1 Å². The Morgan fingerprint density at radius 1 is 0.902 bits per heavy atom. The van der Waals surface area contributed by atoms with Crippen molar-refractivity contribution in [3.63, 3.8) is 0 Å². The number of nitrogens with one attached hydrogen (secondary N) is 2. The summed E-state index contributed by atoms with van der Waals surface area (Å²) in [6, 6.07) is 11.8. The summed E-state index contributed by atoms with van der Waals surface area (Å²) in [6.45, 7) is 17.8. The molecule has 0 aliphatic carbocycles. The summed E-state index contributed by atoms with van der Waals surface area (Å²) < 4.78 is 5.53. The van der Waals surface area contributed by atoms with Crippen molar-refractivity contribution in [1.82, 2.24) is 10.2 Å². The van der Waals surface area contributed by atoms with Gasteiger partial charge in [0, 0.05) is 12.2 Å². The molecule has 0 heterocycles. The van der Waals surface area contributed by atoms with E-state index in [9.17, 15) is 14.4 Å². The van der Waals surface area contributed by atoms with E-state index in [0.29, 0.717) is 18.7 Å². The number of aryl methyl sites for hydroxylation is 2. The van der Waals surface area contributed by atoms with Crippen LogP contribution in [0.25, 0.3) is 0 Å². The van der Waals surface area contributed by atoms with Crippen LogP contribution in [-0.4, -0.2) is 41.0 Å². The van der Waals surface area contributed by atoms with Crippen LogP contribution in [0.5, 0.6) is 0 Å². The molecule has 3 amide bonds. The highest BCUT2D eigenvalue weighted by Crippen LogP contribution is 2.30. The Morgan fingerprint density at radius 2 is 1.56 bits per heavy atom. The van der Waals surface area contributed by atoms with Gasteiger partial charge in [0.15, 0.2) is 0 Å². The molecule has 0 radical (unpaired) electrons. The average Bonchev–Trinajstić information content (AvgIpc) is 2.90. The number of hydrogen-bond donors (Lipinski definition) is 2. The molecule has 3 atom stereocenters. The third-order valence-corrected chi connectivity index (χ3v) is 7.59. The Balaban J connectivity index is 2.63. The van der Waals surface area contributed by atoms with Crippen LogP contribution in [-0.2, 0) is 14.3 Å². The van der Waals surface area contributed by atoms with Crippen LogP contribution in [0.4, 0.5) is 10.5 Å². The first-order valence-electron chi connectivity index (χ1n) is 15.0. The van der Waals surface area contributed by atoms with Gasteiger partial charge in [0.2, 0.25) is 5.91 Å².